The number of phenolic OH excluding ortho intramolecular Hbond substituents is 2. The highest BCUT2D eigenvalue weighted by atomic mass is 35.5. The quantitative estimate of drug-likeness (QED) is 0.403. The number of halogens is 1. The van der Waals surface area contributed by atoms with Gasteiger partial charge in [0.1, 0.15) is 11.5 Å². The molecule has 0 aliphatic heterocycles. The summed E-state index contributed by atoms with van der Waals surface area (Å²) in [6.07, 6.45) is 0.450. The molecule has 4 nitrogen and oxygen atoms in total. The molecular formula is C9H10ClNO3. The first-order valence-corrected chi connectivity index (χ1v) is 4.40. The van der Waals surface area contributed by atoms with Crippen molar-refractivity contribution in [2.24, 2.45) is 5.16 Å². The fourth-order valence-corrected chi connectivity index (χ4v) is 1.26. The van der Waals surface area contributed by atoms with Crippen molar-refractivity contribution in [3.63, 3.8) is 0 Å². The number of hydrogen-bond donors (Lipinski definition) is 3. The van der Waals surface area contributed by atoms with Crippen LogP contribution in [0.4, 0.5) is 0 Å². The molecule has 0 amide bonds. The molecule has 76 valence electrons. The smallest absolute Gasteiger partial charge is 0.137 e. The molecule has 14 heavy (non-hydrogen) atoms. The Morgan fingerprint density at radius 3 is 2.50 bits per heavy atom. The van der Waals surface area contributed by atoms with Crippen molar-refractivity contribution in [3.05, 3.63) is 22.7 Å². The number of rotatable bonds is 2. The molecule has 5 heteroatoms. The van der Waals surface area contributed by atoms with E-state index in [0.717, 1.165) is 6.07 Å². The van der Waals surface area contributed by atoms with E-state index in [0.29, 0.717) is 17.7 Å². The van der Waals surface area contributed by atoms with Gasteiger partial charge in [0.15, 0.2) is 0 Å². The lowest BCUT2D eigenvalue weighted by molar-refractivity contribution is 0.318. The van der Waals surface area contributed by atoms with Crippen molar-refractivity contribution in [1.29, 1.82) is 0 Å². The van der Waals surface area contributed by atoms with Gasteiger partial charge in [-0.2, -0.15) is 0 Å². The molecule has 0 unspecified atom stereocenters. The summed E-state index contributed by atoms with van der Waals surface area (Å²) < 4.78 is 0. The number of oxime groups is 1. The van der Waals surface area contributed by atoms with Crippen LogP contribution in [0.1, 0.15) is 18.9 Å². The summed E-state index contributed by atoms with van der Waals surface area (Å²) in [6.45, 7) is 1.77. The van der Waals surface area contributed by atoms with Crippen molar-refractivity contribution < 1.29 is 15.4 Å². The molecule has 0 aliphatic rings. The van der Waals surface area contributed by atoms with E-state index in [1.807, 2.05) is 0 Å². The van der Waals surface area contributed by atoms with E-state index in [1.54, 1.807) is 6.92 Å². The average molecular weight is 216 g/mol. The molecule has 0 radical (unpaired) electrons. The molecular weight excluding hydrogens is 206 g/mol. The van der Waals surface area contributed by atoms with Crippen LogP contribution in [0.15, 0.2) is 17.3 Å². The Labute approximate surface area is 86.1 Å². The van der Waals surface area contributed by atoms with Crippen LogP contribution in [-0.2, 0) is 0 Å². The van der Waals surface area contributed by atoms with Crippen LogP contribution in [0.25, 0.3) is 0 Å². The number of benzene rings is 1. The molecule has 0 saturated carbocycles. The maximum absolute atomic E-state index is 9.44. The monoisotopic (exact) mass is 215 g/mol. The fourth-order valence-electron chi connectivity index (χ4n) is 1.10. The van der Waals surface area contributed by atoms with E-state index in [4.69, 9.17) is 21.9 Å². The molecule has 0 bridgehead atoms. The molecule has 0 saturated heterocycles. The van der Waals surface area contributed by atoms with Crippen molar-refractivity contribution in [3.8, 4) is 11.5 Å². The van der Waals surface area contributed by atoms with E-state index in [1.165, 1.54) is 6.07 Å². The van der Waals surface area contributed by atoms with Crippen LogP contribution >= 0.6 is 11.6 Å². The first-order chi connectivity index (χ1) is 6.60. The Morgan fingerprint density at radius 2 is 2.00 bits per heavy atom. The predicted molar refractivity (Wildman–Crippen MR) is 53.4 cm³/mol. The number of hydrogen-bond acceptors (Lipinski definition) is 4. The highest BCUT2D eigenvalue weighted by molar-refractivity contribution is 6.32. The molecule has 1 aromatic rings. The molecule has 0 atom stereocenters. The average Bonchev–Trinajstić information content (AvgIpc) is 2.15. The third-order valence-electron chi connectivity index (χ3n) is 1.83. The maximum Gasteiger partial charge on any atom is 0.137 e. The van der Waals surface area contributed by atoms with Crippen molar-refractivity contribution in [1.82, 2.24) is 0 Å². The Balaban J connectivity index is 3.28. The van der Waals surface area contributed by atoms with E-state index in [2.05, 4.69) is 5.16 Å². The largest absolute Gasteiger partial charge is 0.507 e. The van der Waals surface area contributed by atoms with Gasteiger partial charge in [0.25, 0.3) is 0 Å². The van der Waals surface area contributed by atoms with Gasteiger partial charge in [-0.25, -0.2) is 0 Å². The van der Waals surface area contributed by atoms with Crippen molar-refractivity contribution in [2.75, 3.05) is 0 Å². The lowest BCUT2D eigenvalue weighted by Crippen LogP contribution is -1.99. The van der Waals surface area contributed by atoms with E-state index in [9.17, 15) is 5.11 Å². The van der Waals surface area contributed by atoms with Gasteiger partial charge < -0.3 is 15.4 Å². The summed E-state index contributed by atoms with van der Waals surface area (Å²) in [4.78, 5) is 0. The highest BCUT2D eigenvalue weighted by Gasteiger charge is 2.11. The van der Waals surface area contributed by atoms with Gasteiger partial charge in [0, 0.05) is 11.6 Å². The highest BCUT2D eigenvalue weighted by Crippen LogP contribution is 2.31. The lowest BCUT2D eigenvalue weighted by Gasteiger charge is -2.06. The fraction of sp³-hybridized carbons (Fsp3) is 0.222. The van der Waals surface area contributed by atoms with E-state index in [-0.39, 0.29) is 16.5 Å². The Hall–Kier alpha value is -1.42. The minimum absolute atomic E-state index is 0.104. The van der Waals surface area contributed by atoms with Gasteiger partial charge in [-0.05, 0) is 12.5 Å². The Bertz CT molecular complexity index is 377. The molecule has 0 aromatic heterocycles. The van der Waals surface area contributed by atoms with Gasteiger partial charge in [-0.3, -0.25) is 0 Å². The second-order valence-electron chi connectivity index (χ2n) is 2.72. The first-order valence-electron chi connectivity index (χ1n) is 4.03. The van der Waals surface area contributed by atoms with Crippen molar-refractivity contribution in [2.45, 2.75) is 13.3 Å². The topological polar surface area (TPSA) is 73.1 Å². The number of nitrogens with zero attached hydrogens (tertiary/aromatic N) is 1. The van der Waals surface area contributed by atoms with Crippen LogP contribution in [0.3, 0.4) is 0 Å². The first kappa shape index (κ1) is 10.7. The predicted octanol–water partition coefficient (Wildman–Crippen LogP) is 2.34. The lowest BCUT2D eigenvalue weighted by atomic mass is 10.1. The molecule has 1 rings (SSSR count). The van der Waals surface area contributed by atoms with Crippen LogP contribution < -0.4 is 0 Å². The third kappa shape index (κ3) is 1.90. The van der Waals surface area contributed by atoms with Gasteiger partial charge >= 0.3 is 0 Å². The number of aromatic hydroxyl groups is 2. The summed E-state index contributed by atoms with van der Waals surface area (Å²) in [5.74, 6) is -0.372. The molecule has 1 aromatic carbocycles. The maximum atomic E-state index is 9.44. The van der Waals surface area contributed by atoms with Gasteiger partial charge in [-0.1, -0.05) is 23.7 Å². The number of phenols is 2. The zero-order chi connectivity index (χ0) is 10.7. The van der Waals surface area contributed by atoms with Gasteiger partial charge in [-0.15, -0.1) is 0 Å². The summed E-state index contributed by atoms with van der Waals surface area (Å²) in [5, 5.41) is 30.4. The summed E-state index contributed by atoms with van der Waals surface area (Å²) in [5.41, 5.74) is 0.627. The molecule has 0 spiro atoms. The minimum Gasteiger partial charge on any atom is -0.507 e. The Morgan fingerprint density at radius 1 is 1.36 bits per heavy atom. The zero-order valence-electron chi connectivity index (χ0n) is 7.53. The van der Waals surface area contributed by atoms with E-state index < -0.39 is 0 Å². The normalized spacial score (nSPS) is 11.7. The van der Waals surface area contributed by atoms with Gasteiger partial charge in [0.05, 0.1) is 10.7 Å². The molecule has 0 heterocycles. The van der Waals surface area contributed by atoms with E-state index >= 15 is 0 Å². The van der Waals surface area contributed by atoms with Crippen LogP contribution in [0.2, 0.25) is 5.02 Å². The SMILES string of the molecule is CC/C(=N/O)c1cc(Cl)c(O)cc1O. The molecule has 0 fully saturated rings. The third-order valence-corrected chi connectivity index (χ3v) is 2.13. The molecule has 0 aliphatic carbocycles. The molecule has 3 N–H and O–H groups in total. The Kier molecular flexibility index (Phi) is 3.19. The van der Waals surface area contributed by atoms with Crippen LogP contribution in [-0.4, -0.2) is 21.1 Å². The summed E-state index contributed by atoms with van der Waals surface area (Å²) in [7, 11) is 0. The van der Waals surface area contributed by atoms with Crippen LogP contribution in [0.5, 0.6) is 11.5 Å². The minimum atomic E-state index is -0.207. The van der Waals surface area contributed by atoms with Crippen molar-refractivity contribution >= 4 is 17.3 Å². The summed E-state index contributed by atoms with van der Waals surface area (Å²) in [6, 6.07) is 2.46. The van der Waals surface area contributed by atoms with Gasteiger partial charge in [0.2, 0.25) is 0 Å². The standard InChI is InChI=1S/C9H10ClNO3/c1-2-7(11-14)5-3-6(10)9(13)4-8(5)12/h3-4,12-14H,2H2,1H3/b11-7-. The summed E-state index contributed by atoms with van der Waals surface area (Å²) >= 11 is 5.65. The zero-order valence-corrected chi connectivity index (χ0v) is 8.28. The van der Waals surface area contributed by atoms with Crippen LogP contribution in [0, 0.1) is 0 Å². The second kappa shape index (κ2) is 4.19. The second-order valence-corrected chi connectivity index (χ2v) is 3.13.